The zero-order chi connectivity index (χ0) is 31.2. The van der Waals surface area contributed by atoms with Crippen LogP contribution in [0.3, 0.4) is 0 Å². The number of hydrogen-bond acceptors (Lipinski definition) is 6. The normalized spacial score (nSPS) is 11.8. The van der Waals surface area contributed by atoms with Crippen molar-refractivity contribution < 1.29 is 14.3 Å². The Bertz CT molecular complexity index is 1710. The molecular formula is C35H38N6O3. The van der Waals surface area contributed by atoms with Crippen LogP contribution >= 0.6 is 0 Å². The Hall–Kier alpha value is -5.18. The van der Waals surface area contributed by atoms with Gasteiger partial charge in [0.05, 0.1) is 12.6 Å². The quantitative estimate of drug-likeness (QED) is 0.202. The van der Waals surface area contributed by atoms with Crippen LogP contribution in [0.2, 0.25) is 0 Å². The SMILES string of the molecule is COc1ccc(CN(C(=O)Cn2nnc3ccccc32)C(C(=O)Nc2ccc(N(C)C)cc2)c2ccc(C(C)C)cc2)cc1. The van der Waals surface area contributed by atoms with Crippen molar-refractivity contribution in [2.75, 3.05) is 31.4 Å². The fourth-order valence-corrected chi connectivity index (χ4v) is 5.09. The van der Waals surface area contributed by atoms with Gasteiger partial charge in [-0.05, 0) is 71.1 Å². The number of carbonyl (C=O) groups excluding carboxylic acids is 2. The average Bonchev–Trinajstić information content (AvgIpc) is 3.44. The third-order valence-electron chi connectivity index (χ3n) is 7.67. The van der Waals surface area contributed by atoms with E-state index in [1.165, 1.54) is 0 Å². The van der Waals surface area contributed by atoms with E-state index in [0.717, 1.165) is 22.3 Å². The van der Waals surface area contributed by atoms with Crippen LogP contribution in [0.15, 0.2) is 97.1 Å². The van der Waals surface area contributed by atoms with E-state index < -0.39 is 6.04 Å². The second-order valence-electron chi connectivity index (χ2n) is 11.3. The number of rotatable bonds is 11. The van der Waals surface area contributed by atoms with Gasteiger partial charge in [0, 0.05) is 32.0 Å². The van der Waals surface area contributed by atoms with Crippen molar-refractivity contribution in [1.29, 1.82) is 0 Å². The van der Waals surface area contributed by atoms with Crippen molar-refractivity contribution >= 4 is 34.2 Å². The Morgan fingerprint density at radius 2 is 1.52 bits per heavy atom. The van der Waals surface area contributed by atoms with Gasteiger partial charge < -0.3 is 19.9 Å². The second-order valence-corrected chi connectivity index (χ2v) is 11.3. The first-order chi connectivity index (χ1) is 21.2. The molecule has 0 aliphatic heterocycles. The lowest BCUT2D eigenvalue weighted by atomic mass is 9.97. The number of aromatic nitrogens is 3. The van der Waals surface area contributed by atoms with E-state index in [1.807, 2.05) is 116 Å². The maximum absolute atomic E-state index is 14.3. The van der Waals surface area contributed by atoms with Gasteiger partial charge in [-0.3, -0.25) is 9.59 Å². The molecule has 0 spiro atoms. The molecule has 1 unspecified atom stereocenters. The minimum atomic E-state index is -0.922. The number of carbonyl (C=O) groups is 2. The van der Waals surface area contributed by atoms with Gasteiger partial charge in [-0.15, -0.1) is 5.10 Å². The Kier molecular flexibility index (Phi) is 9.23. The van der Waals surface area contributed by atoms with Crippen LogP contribution < -0.4 is 15.0 Å². The number of benzene rings is 4. The van der Waals surface area contributed by atoms with E-state index in [-0.39, 0.29) is 24.9 Å². The highest BCUT2D eigenvalue weighted by Crippen LogP contribution is 2.29. The molecule has 1 heterocycles. The summed E-state index contributed by atoms with van der Waals surface area (Å²) in [7, 11) is 5.54. The zero-order valence-electron chi connectivity index (χ0n) is 25.8. The zero-order valence-corrected chi connectivity index (χ0v) is 25.8. The molecule has 0 bridgehead atoms. The molecule has 226 valence electrons. The van der Waals surface area contributed by atoms with Crippen molar-refractivity contribution in [2.45, 2.75) is 38.9 Å². The molecule has 2 amide bonds. The molecule has 1 aromatic heterocycles. The van der Waals surface area contributed by atoms with E-state index >= 15 is 0 Å². The van der Waals surface area contributed by atoms with Crippen molar-refractivity contribution in [2.24, 2.45) is 0 Å². The van der Waals surface area contributed by atoms with E-state index in [2.05, 4.69) is 29.5 Å². The number of hydrogen-bond donors (Lipinski definition) is 1. The van der Waals surface area contributed by atoms with Gasteiger partial charge in [0.15, 0.2) is 0 Å². The van der Waals surface area contributed by atoms with Crippen LogP contribution in [0.4, 0.5) is 11.4 Å². The summed E-state index contributed by atoms with van der Waals surface area (Å²) < 4.78 is 6.92. The summed E-state index contributed by atoms with van der Waals surface area (Å²) >= 11 is 0. The first-order valence-electron chi connectivity index (χ1n) is 14.6. The van der Waals surface area contributed by atoms with Crippen LogP contribution in [0.25, 0.3) is 11.0 Å². The predicted octanol–water partition coefficient (Wildman–Crippen LogP) is 6.04. The molecule has 0 aliphatic rings. The number of amides is 2. The molecule has 1 atom stereocenters. The van der Waals surface area contributed by atoms with Crippen molar-refractivity contribution in [1.82, 2.24) is 19.9 Å². The summed E-state index contributed by atoms with van der Waals surface area (Å²) in [5, 5.41) is 11.5. The number of fused-ring (bicyclic) bond motifs is 1. The maximum Gasteiger partial charge on any atom is 0.251 e. The van der Waals surface area contributed by atoms with E-state index in [9.17, 15) is 9.59 Å². The molecule has 0 saturated heterocycles. The minimum Gasteiger partial charge on any atom is -0.497 e. The van der Waals surface area contributed by atoms with Crippen molar-refractivity contribution in [3.63, 3.8) is 0 Å². The van der Waals surface area contributed by atoms with Gasteiger partial charge in [-0.1, -0.05) is 67.6 Å². The average molecular weight is 591 g/mol. The standard InChI is InChI=1S/C35H38N6O3/c1-24(2)26-12-14-27(15-13-26)34(35(43)36-28-16-18-29(19-17-28)39(3)4)40(22-25-10-20-30(44-5)21-11-25)33(42)23-41-32-9-7-6-8-31(32)37-38-41/h6-21,24,34H,22-23H2,1-5H3,(H,36,43). The third kappa shape index (κ3) is 6.89. The Balaban J connectivity index is 1.55. The van der Waals surface area contributed by atoms with E-state index in [1.54, 1.807) is 16.7 Å². The molecular weight excluding hydrogens is 552 g/mol. The molecule has 1 N–H and O–H groups in total. The van der Waals surface area contributed by atoms with Crippen LogP contribution in [-0.4, -0.2) is 52.9 Å². The van der Waals surface area contributed by atoms with Gasteiger partial charge in [0.25, 0.3) is 5.91 Å². The molecule has 4 aromatic carbocycles. The predicted molar refractivity (Wildman–Crippen MR) is 174 cm³/mol. The number of nitrogens with zero attached hydrogens (tertiary/aromatic N) is 5. The fraction of sp³-hybridized carbons (Fsp3) is 0.257. The summed E-state index contributed by atoms with van der Waals surface area (Å²) in [6.45, 7) is 4.36. The Morgan fingerprint density at radius 3 is 2.16 bits per heavy atom. The Morgan fingerprint density at radius 1 is 0.864 bits per heavy atom. The molecule has 44 heavy (non-hydrogen) atoms. The highest BCUT2D eigenvalue weighted by atomic mass is 16.5. The van der Waals surface area contributed by atoms with Crippen LogP contribution in [0, 0.1) is 0 Å². The smallest absolute Gasteiger partial charge is 0.251 e. The fourth-order valence-electron chi connectivity index (χ4n) is 5.09. The van der Waals surface area contributed by atoms with Crippen LogP contribution in [0.5, 0.6) is 5.75 Å². The maximum atomic E-state index is 14.3. The summed E-state index contributed by atoms with van der Waals surface area (Å²) in [6, 6.07) is 29.6. The summed E-state index contributed by atoms with van der Waals surface area (Å²) in [5.41, 5.74) is 5.81. The van der Waals surface area contributed by atoms with Crippen molar-refractivity contribution in [3.8, 4) is 5.75 Å². The first kappa shape index (κ1) is 30.3. The highest BCUT2D eigenvalue weighted by molar-refractivity contribution is 5.98. The third-order valence-corrected chi connectivity index (χ3v) is 7.67. The van der Waals surface area contributed by atoms with E-state index in [0.29, 0.717) is 28.4 Å². The lowest BCUT2D eigenvalue weighted by Gasteiger charge is -2.32. The largest absolute Gasteiger partial charge is 0.497 e. The molecule has 0 aliphatic carbocycles. The highest BCUT2D eigenvalue weighted by Gasteiger charge is 2.32. The van der Waals surface area contributed by atoms with E-state index in [4.69, 9.17) is 4.74 Å². The number of anilines is 2. The van der Waals surface area contributed by atoms with Gasteiger partial charge in [-0.25, -0.2) is 4.68 Å². The number of ether oxygens (including phenoxy) is 1. The van der Waals surface area contributed by atoms with Gasteiger partial charge >= 0.3 is 0 Å². The Labute approximate surface area is 258 Å². The molecule has 0 radical (unpaired) electrons. The number of methoxy groups -OCH3 is 1. The summed E-state index contributed by atoms with van der Waals surface area (Å²) in [4.78, 5) is 32.1. The molecule has 5 rings (SSSR count). The topological polar surface area (TPSA) is 92.6 Å². The molecule has 0 fully saturated rings. The lowest BCUT2D eigenvalue weighted by Crippen LogP contribution is -2.42. The van der Waals surface area contributed by atoms with Gasteiger partial charge in [0.1, 0.15) is 23.9 Å². The monoisotopic (exact) mass is 590 g/mol. The van der Waals surface area contributed by atoms with Crippen LogP contribution in [0.1, 0.15) is 42.5 Å². The number of para-hydroxylation sites is 1. The molecule has 5 aromatic rings. The van der Waals surface area contributed by atoms with Crippen molar-refractivity contribution in [3.05, 3.63) is 114 Å². The van der Waals surface area contributed by atoms with Gasteiger partial charge in [-0.2, -0.15) is 0 Å². The second kappa shape index (κ2) is 13.4. The summed E-state index contributed by atoms with van der Waals surface area (Å²) in [5.74, 6) is 0.447. The number of nitrogens with one attached hydrogen (secondary N) is 1. The minimum absolute atomic E-state index is 0.0813. The first-order valence-corrected chi connectivity index (χ1v) is 14.6. The molecule has 0 saturated carbocycles. The lowest BCUT2D eigenvalue weighted by molar-refractivity contribution is -0.140. The van der Waals surface area contributed by atoms with Crippen LogP contribution in [-0.2, 0) is 22.7 Å². The molecule has 9 nitrogen and oxygen atoms in total. The summed E-state index contributed by atoms with van der Waals surface area (Å²) in [6.07, 6.45) is 0. The van der Waals surface area contributed by atoms with Gasteiger partial charge in [0.2, 0.25) is 5.91 Å². The molecule has 9 heteroatoms.